The summed E-state index contributed by atoms with van der Waals surface area (Å²) in [7, 11) is 1.91. The van der Waals surface area contributed by atoms with Gasteiger partial charge in [-0.25, -0.2) is 0 Å². The van der Waals surface area contributed by atoms with Crippen LogP contribution in [0.2, 0.25) is 0 Å². The van der Waals surface area contributed by atoms with Crippen LogP contribution < -0.4 is 10.6 Å². The van der Waals surface area contributed by atoms with Gasteiger partial charge in [-0.1, -0.05) is 12.1 Å². The Kier molecular flexibility index (Phi) is 7.13. The Balaban J connectivity index is 0.00000242. The molecule has 0 fully saturated rings. The lowest BCUT2D eigenvalue weighted by atomic mass is 10.2. The lowest BCUT2D eigenvalue weighted by Gasteiger charge is -2.13. The van der Waals surface area contributed by atoms with Crippen LogP contribution in [0.3, 0.4) is 0 Å². The maximum Gasteiger partial charge on any atom is 0.272 e. The summed E-state index contributed by atoms with van der Waals surface area (Å²) in [6.45, 7) is 4.92. The SMILES string of the molecule is CNCc1ccc(NC(=O)c2cc(Br)cn2C(C)C)cc1.Cl. The van der Waals surface area contributed by atoms with E-state index in [1.165, 1.54) is 5.56 Å². The standard InChI is InChI=1S/C16H20BrN3O.ClH/c1-11(2)20-10-13(17)8-15(20)16(21)19-14-6-4-12(5-7-14)9-18-3;/h4-8,10-11,18H,9H2,1-3H3,(H,19,21);1H. The van der Waals surface area contributed by atoms with Gasteiger partial charge in [-0.15, -0.1) is 12.4 Å². The normalized spacial score (nSPS) is 10.4. The van der Waals surface area contributed by atoms with E-state index in [1.54, 1.807) is 0 Å². The molecule has 0 atom stereocenters. The molecule has 1 aromatic carbocycles. The zero-order valence-corrected chi connectivity index (χ0v) is 15.3. The van der Waals surface area contributed by atoms with E-state index in [2.05, 4.69) is 40.4 Å². The van der Waals surface area contributed by atoms with Crippen molar-refractivity contribution in [2.24, 2.45) is 0 Å². The van der Waals surface area contributed by atoms with Crippen molar-refractivity contribution in [3.8, 4) is 0 Å². The van der Waals surface area contributed by atoms with Crippen molar-refractivity contribution in [2.75, 3.05) is 12.4 Å². The fourth-order valence-electron chi connectivity index (χ4n) is 2.16. The molecule has 0 saturated heterocycles. The first-order valence-electron chi connectivity index (χ1n) is 6.93. The van der Waals surface area contributed by atoms with Gasteiger partial charge in [0.05, 0.1) is 0 Å². The highest BCUT2D eigenvalue weighted by Crippen LogP contribution is 2.20. The van der Waals surface area contributed by atoms with Crippen molar-refractivity contribution < 1.29 is 4.79 Å². The van der Waals surface area contributed by atoms with Crippen molar-refractivity contribution in [3.05, 3.63) is 52.3 Å². The van der Waals surface area contributed by atoms with Crippen LogP contribution in [-0.2, 0) is 6.54 Å². The predicted molar refractivity (Wildman–Crippen MR) is 96.9 cm³/mol. The van der Waals surface area contributed by atoms with Gasteiger partial charge >= 0.3 is 0 Å². The van der Waals surface area contributed by atoms with Crippen LogP contribution in [0, 0.1) is 0 Å². The topological polar surface area (TPSA) is 46.1 Å². The molecule has 1 aromatic heterocycles. The highest BCUT2D eigenvalue weighted by Gasteiger charge is 2.15. The summed E-state index contributed by atoms with van der Waals surface area (Å²) in [5.41, 5.74) is 2.63. The molecule has 2 aromatic rings. The number of nitrogens with one attached hydrogen (secondary N) is 2. The van der Waals surface area contributed by atoms with Gasteiger partial charge in [-0.05, 0) is 60.6 Å². The minimum Gasteiger partial charge on any atom is -0.340 e. The van der Waals surface area contributed by atoms with E-state index in [-0.39, 0.29) is 24.4 Å². The smallest absolute Gasteiger partial charge is 0.272 e. The number of benzene rings is 1. The zero-order valence-electron chi connectivity index (χ0n) is 12.9. The summed E-state index contributed by atoms with van der Waals surface area (Å²) in [5, 5.41) is 6.03. The molecular formula is C16H21BrClN3O. The Bertz CT molecular complexity index is 623. The lowest BCUT2D eigenvalue weighted by Crippen LogP contribution is -2.17. The summed E-state index contributed by atoms with van der Waals surface area (Å²) < 4.78 is 2.86. The van der Waals surface area contributed by atoms with Gasteiger partial charge in [0.25, 0.3) is 5.91 Å². The Labute approximate surface area is 145 Å². The molecule has 0 saturated carbocycles. The molecule has 0 aliphatic rings. The highest BCUT2D eigenvalue weighted by atomic mass is 79.9. The minimum atomic E-state index is -0.101. The average molecular weight is 387 g/mol. The Morgan fingerprint density at radius 2 is 1.91 bits per heavy atom. The van der Waals surface area contributed by atoms with E-state index in [4.69, 9.17) is 0 Å². The number of hydrogen-bond donors (Lipinski definition) is 2. The second kappa shape index (κ2) is 8.36. The molecule has 0 bridgehead atoms. The molecule has 1 amide bonds. The van der Waals surface area contributed by atoms with E-state index in [9.17, 15) is 4.79 Å². The molecule has 22 heavy (non-hydrogen) atoms. The van der Waals surface area contributed by atoms with Gasteiger partial charge in [0.1, 0.15) is 5.69 Å². The third kappa shape index (κ3) is 4.60. The number of halogens is 2. The number of carbonyl (C=O) groups is 1. The van der Waals surface area contributed by atoms with Crippen molar-refractivity contribution in [2.45, 2.75) is 26.4 Å². The fourth-order valence-corrected chi connectivity index (χ4v) is 2.60. The molecule has 1 heterocycles. The number of rotatable bonds is 5. The highest BCUT2D eigenvalue weighted by molar-refractivity contribution is 9.10. The van der Waals surface area contributed by atoms with E-state index in [1.807, 2.05) is 48.1 Å². The molecule has 4 nitrogen and oxygen atoms in total. The van der Waals surface area contributed by atoms with E-state index in [0.717, 1.165) is 16.7 Å². The maximum absolute atomic E-state index is 12.4. The maximum atomic E-state index is 12.4. The minimum absolute atomic E-state index is 0. The van der Waals surface area contributed by atoms with Crippen LogP contribution in [-0.4, -0.2) is 17.5 Å². The van der Waals surface area contributed by atoms with Crippen molar-refractivity contribution in [1.82, 2.24) is 9.88 Å². The van der Waals surface area contributed by atoms with Crippen LogP contribution in [0.5, 0.6) is 0 Å². The molecule has 120 valence electrons. The second-order valence-corrected chi connectivity index (χ2v) is 6.14. The largest absolute Gasteiger partial charge is 0.340 e. The predicted octanol–water partition coefficient (Wildman–Crippen LogP) is 4.23. The van der Waals surface area contributed by atoms with Crippen LogP contribution in [0.25, 0.3) is 0 Å². The van der Waals surface area contributed by atoms with Gasteiger partial charge in [0, 0.05) is 28.9 Å². The van der Waals surface area contributed by atoms with Gasteiger partial charge in [0.15, 0.2) is 0 Å². The van der Waals surface area contributed by atoms with Crippen LogP contribution in [0.4, 0.5) is 5.69 Å². The summed E-state index contributed by atoms with van der Waals surface area (Å²) in [5.74, 6) is -0.101. The van der Waals surface area contributed by atoms with Gasteiger partial charge < -0.3 is 15.2 Å². The summed E-state index contributed by atoms with van der Waals surface area (Å²) in [6.07, 6.45) is 1.93. The van der Waals surface area contributed by atoms with E-state index in [0.29, 0.717) is 5.69 Å². The number of carbonyl (C=O) groups excluding carboxylic acids is 1. The quantitative estimate of drug-likeness (QED) is 0.808. The molecule has 2 N–H and O–H groups in total. The number of amides is 1. The van der Waals surface area contributed by atoms with Gasteiger partial charge in [-0.3, -0.25) is 4.79 Å². The molecule has 0 aliphatic carbocycles. The van der Waals surface area contributed by atoms with E-state index >= 15 is 0 Å². The number of nitrogens with zero attached hydrogens (tertiary/aromatic N) is 1. The number of hydrogen-bond acceptors (Lipinski definition) is 2. The lowest BCUT2D eigenvalue weighted by molar-refractivity contribution is 0.101. The molecule has 0 aliphatic heterocycles. The molecule has 6 heteroatoms. The Hall–Kier alpha value is -1.30. The van der Waals surface area contributed by atoms with Crippen LogP contribution >= 0.6 is 28.3 Å². The van der Waals surface area contributed by atoms with Crippen molar-refractivity contribution in [3.63, 3.8) is 0 Å². The van der Waals surface area contributed by atoms with Crippen LogP contribution in [0.1, 0.15) is 35.9 Å². The molecule has 0 unspecified atom stereocenters. The molecular weight excluding hydrogens is 366 g/mol. The molecule has 0 spiro atoms. The van der Waals surface area contributed by atoms with Gasteiger partial charge in [0.2, 0.25) is 0 Å². The average Bonchev–Trinajstić information content (AvgIpc) is 2.84. The summed E-state index contributed by atoms with van der Waals surface area (Å²) in [6, 6.07) is 9.91. The monoisotopic (exact) mass is 385 g/mol. The zero-order chi connectivity index (χ0) is 15.4. The van der Waals surface area contributed by atoms with Gasteiger partial charge in [-0.2, -0.15) is 0 Å². The van der Waals surface area contributed by atoms with Crippen LogP contribution in [0.15, 0.2) is 41.0 Å². The summed E-state index contributed by atoms with van der Waals surface area (Å²) in [4.78, 5) is 12.4. The number of aromatic nitrogens is 1. The molecule has 0 radical (unpaired) electrons. The Morgan fingerprint density at radius 3 is 2.45 bits per heavy atom. The summed E-state index contributed by atoms with van der Waals surface area (Å²) >= 11 is 3.42. The van der Waals surface area contributed by atoms with Crippen molar-refractivity contribution >= 4 is 39.9 Å². The second-order valence-electron chi connectivity index (χ2n) is 5.23. The number of anilines is 1. The first-order valence-corrected chi connectivity index (χ1v) is 7.73. The third-order valence-electron chi connectivity index (χ3n) is 3.20. The first kappa shape index (κ1) is 18.7. The Morgan fingerprint density at radius 1 is 1.27 bits per heavy atom. The first-order chi connectivity index (χ1) is 10.0. The third-order valence-corrected chi connectivity index (χ3v) is 3.63. The van der Waals surface area contributed by atoms with E-state index < -0.39 is 0 Å². The van der Waals surface area contributed by atoms with Crippen molar-refractivity contribution in [1.29, 1.82) is 0 Å². The fraction of sp³-hybridized carbons (Fsp3) is 0.312. The molecule has 2 rings (SSSR count).